The van der Waals surface area contributed by atoms with Crippen molar-refractivity contribution in [2.45, 2.75) is 13.3 Å². The molecule has 2 aromatic carbocycles. The largest absolute Gasteiger partial charge is 0.466 e. The second-order valence-corrected chi connectivity index (χ2v) is 5.31. The Morgan fingerprint density at radius 1 is 1.30 bits per heavy atom. The molecule has 0 aliphatic rings. The third-order valence-electron chi connectivity index (χ3n) is 3.22. The van der Waals surface area contributed by atoms with Crippen molar-refractivity contribution in [1.82, 2.24) is 4.98 Å². The molecule has 1 heterocycles. The quantitative estimate of drug-likeness (QED) is 0.705. The molecule has 0 unspecified atom stereocenters. The smallest absolute Gasteiger partial charge is 0.310 e. The number of ether oxygens (including phenoxy) is 1. The molecule has 23 heavy (non-hydrogen) atoms. The summed E-state index contributed by atoms with van der Waals surface area (Å²) in [6.45, 7) is 2.14. The second-order valence-electron chi connectivity index (χ2n) is 4.91. The number of para-hydroxylation sites is 2. The van der Waals surface area contributed by atoms with Gasteiger partial charge < -0.3 is 14.5 Å². The van der Waals surface area contributed by atoms with Gasteiger partial charge in [0.05, 0.1) is 23.7 Å². The van der Waals surface area contributed by atoms with Crippen molar-refractivity contribution in [2.24, 2.45) is 0 Å². The van der Waals surface area contributed by atoms with Crippen LogP contribution >= 0.6 is 11.6 Å². The SMILES string of the molecule is CCOC(=O)Cc1ccc(Nc2nc3ccccc3o2)c(Cl)c1. The molecule has 6 heteroatoms. The van der Waals surface area contributed by atoms with Crippen LogP contribution in [0.15, 0.2) is 46.9 Å². The van der Waals surface area contributed by atoms with Gasteiger partial charge in [-0.15, -0.1) is 0 Å². The van der Waals surface area contributed by atoms with E-state index in [-0.39, 0.29) is 12.4 Å². The Hall–Kier alpha value is -2.53. The lowest BCUT2D eigenvalue weighted by Gasteiger charge is -2.07. The van der Waals surface area contributed by atoms with Crippen LogP contribution in [0.3, 0.4) is 0 Å². The predicted molar refractivity (Wildman–Crippen MR) is 89.1 cm³/mol. The maximum atomic E-state index is 11.5. The molecular weight excluding hydrogens is 316 g/mol. The van der Waals surface area contributed by atoms with Gasteiger partial charge in [0.25, 0.3) is 6.01 Å². The first-order valence-corrected chi connectivity index (χ1v) is 7.60. The molecule has 0 fully saturated rings. The fourth-order valence-corrected chi connectivity index (χ4v) is 2.44. The van der Waals surface area contributed by atoms with Gasteiger partial charge in [0.15, 0.2) is 5.58 Å². The van der Waals surface area contributed by atoms with Gasteiger partial charge in [-0.05, 0) is 36.8 Å². The molecule has 3 rings (SSSR count). The Labute approximate surface area is 138 Å². The number of oxazole rings is 1. The summed E-state index contributed by atoms with van der Waals surface area (Å²) in [6.07, 6.45) is 0.191. The molecule has 0 saturated carbocycles. The number of nitrogens with one attached hydrogen (secondary N) is 1. The van der Waals surface area contributed by atoms with Gasteiger partial charge in [-0.1, -0.05) is 29.8 Å². The summed E-state index contributed by atoms with van der Waals surface area (Å²) in [6, 6.07) is 13.2. The third-order valence-corrected chi connectivity index (χ3v) is 3.54. The zero-order valence-corrected chi connectivity index (χ0v) is 13.3. The normalized spacial score (nSPS) is 10.7. The molecule has 0 saturated heterocycles. The van der Waals surface area contributed by atoms with E-state index in [1.807, 2.05) is 30.3 Å². The summed E-state index contributed by atoms with van der Waals surface area (Å²) in [7, 11) is 0. The van der Waals surface area contributed by atoms with Crippen LogP contribution in [0, 0.1) is 0 Å². The molecule has 0 aliphatic carbocycles. The topological polar surface area (TPSA) is 64.4 Å². The molecule has 118 valence electrons. The zero-order chi connectivity index (χ0) is 16.2. The van der Waals surface area contributed by atoms with Crippen LogP contribution in [0.4, 0.5) is 11.7 Å². The predicted octanol–water partition coefficient (Wildman–Crippen LogP) is 4.33. The highest BCUT2D eigenvalue weighted by Gasteiger charge is 2.10. The van der Waals surface area contributed by atoms with Crippen molar-refractivity contribution in [3.63, 3.8) is 0 Å². The first-order valence-electron chi connectivity index (χ1n) is 7.22. The molecule has 0 bridgehead atoms. The second kappa shape index (κ2) is 6.71. The maximum absolute atomic E-state index is 11.5. The van der Waals surface area contributed by atoms with E-state index < -0.39 is 0 Å². The van der Waals surface area contributed by atoms with E-state index in [0.717, 1.165) is 11.1 Å². The van der Waals surface area contributed by atoms with Crippen LogP contribution < -0.4 is 5.32 Å². The highest BCUT2D eigenvalue weighted by molar-refractivity contribution is 6.33. The minimum Gasteiger partial charge on any atom is -0.466 e. The van der Waals surface area contributed by atoms with Gasteiger partial charge in [-0.25, -0.2) is 0 Å². The van der Waals surface area contributed by atoms with Crippen LogP contribution in [0.1, 0.15) is 12.5 Å². The molecular formula is C17H15ClN2O3. The highest BCUT2D eigenvalue weighted by atomic mass is 35.5. The number of aromatic nitrogens is 1. The van der Waals surface area contributed by atoms with Crippen molar-refractivity contribution in [3.8, 4) is 0 Å². The summed E-state index contributed by atoms with van der Waals surface area (Å²) in [5.74, 6) is -0.275. The molecule has 0 radical (unpaired) electrons. The maximum Gasteiger partial charge on any atom is 0.310 e. The number of hydrogen-bond donors (Lipinski definition) is 1. The minimum absolute atomic E-state index is 0.191. The number of benzene rings is 2. The first-order chi connectivity index (χ1) is 11.2. The highest BCUT2D eigenvalue weighted by Crippen LogP contribution is 2.28. The summed E-state index contributed by atoms with van der Waals surface area (Å²) in [4.78, 5) is 15.8. The van der Waals surface area contributed by atoms with Crippen molar-refractivity contribution >= 4 is 40.4 Å². The van der Waals surface area contributed by atoms with Gasteiger partial charge in [-0.2, -0.15) is 4.98 Å². The molecule has 0 aliphatic heterocycles. The number of rotatable bonds is 5. The lowest BCUT2D eigenvalue weighted by Crippen LogP contribution is -2.07. The van der Waals surface area contributed by atoms with Crippen molar-refractivity contribution < 1.29 is 13.9 Å². The van der Waals surface area contributed by atoms with Crippen LogP contribution in [-0.2, 0) is 16.0 Å². The van der Waals surface area contributed by atoms with Crippen LogP contribution in [-0.4, -0.2) is 17.6 Å². The van der Waals surface area contributed by atoms with Gasteiger partial charge in [-0.3, -0.25) is 4.79 Å². The van der Waals surface area contributed by atoms with Crippen LogP contribution in [0.2, 0.25) is 5.02 Å². The van der Waals surface area contributed by atoms with Gasteiger partial charge >= 0.3 is 5.97 Å². The number of hydrogen-bond acceptors (Lipinski definition) is 5. The van der Waals surface area contributed by atoms with E-state index in [9.17, 15) is 4.79 Å². The number of anilines is 2. The number of fused-ring (bicyclic) bond motifs is 1. The number of esters is 1. The van der Waals surface area contributed by atoms with E-state index in [1.54, 1.807) is 19.1 Å². The number of carbonyl (C=O) groups excluding carboxylic acids is 1. The molecule has 1 aromatic heterocycles. The Morgan fingerprint density at radius 3 is 2.87 bits per heavy atom. The van der Waals surface area contributed by atoms with Crippen molar-refractivity contribution in [1.29, 1.82) is 0 Å². The van der Waals surface area contributed by atoms with Gasteiger partial charge in [0.2, 0.25) is 0 Å². The molecule has 0 amide bonds. The number of carbonyl (C=O) groups is 1. The number of nitrogens with zero attached hydrogens (tertiary/aromatic N) is 1. The van der Waals surface area contributed by atoms with Crippen LogP contribution in [0.25, 0.3) is 11.1 Å². The van der Waals surface area contributed by atoms with E-state index >= 15 is 0 Å². The fourth-order valence-electron chi connectivity index (χ4n) is 2.19. The minimum atomic E-state index is -0.275. The van der Waals surface area contributed by atoms with Crippen molar-refractivity contribution in [3.05, 3.63) is 53.1 Å². The summed E-state index contributed by atoms with van der Waals surface area (Å²) < 4.78 is 10.5. The average Bonchev–Trinajstić information content (AvgIpc) is 2.92. The van der Waals surface area contributed by atoms with E-state index in [0.29, 0.717) is 28.9 Å². The molecule has 0 spiro atoms. The fraction of sp³-hybridized carbons (Fsp3) is 0.176. The lowest BCUT2D eigenvalue weighted by atomic mass is 10.1. The van der Waals surface area contributed by atoms with E-state index in [2.05, 4.69) is 10.3 Å². The monoisotopic (exact) mass is 330 g/mol. The average molecular weight is 331 g/mol. The summed E-state index contributed by atoms with van der Waals surface area (Å²) >= 11 is 6.25. The van der Waals surface area contributed by atoms with E-state index in [1.165, 1.54) is 0 Å². The standard InChI is InChI=1S/C17H15ClN2O3/c1-2-22-16(21)10-11-7-8-13(12(18)9-11)19-17-20-14-5-3-4-6-15(14)23-17/h3-9H,2,10H2,1H3,(H,19,20). The Kier molecular flexibility index (Phi) is 4.48. The van der Waals surface area contributed by atoms with Gasteiger partial charge in [0.1, 0.15) is 5.52 Å². The Morgan fingerprint density at radius 2 is 2.13 bits per heavy atom. The molecule has 5 nitrogen and oxygen atoms in total. The molecule has 0 atom stereocenters. The Bertz CT molecular complexity index is 812. The summed E-state index contributed by atoms with van der Waals surface area (Å²) in [5, 5.41) is 3.52. The zero-order valence-electron chi connectivity index (χ0n) is 12.5. The van der Waals surface area contributed by atoms with Crippen LogP contribution in [0.5, 0.6) is 0 Å². The van der Waals surface area contributed by atoms with E-state index in [4.69, 9.17) is 20.8 Å². The summed E-state index contributed by atoms with van der Waals surface area (Å²) in [5.41, 5.74) is 2.91. The Balaban J connectivity index is 1.76. The van der Waals surface area contributed by atoms with Crippen molar-refractivity contribution in [2.75, 3.05) is 11.9 Å². The molecule has 3 aromatic rings. The lowest BCUT2D eigenvalue weighted by molar-refractivity contribution is -0.142. The first kappa shape index (κ1) is 15.4. The number of halogens is 1. The molecule has 1 N–H and O–H groups in total. The van der Waals surface area contributed by atoms with Gasteiger partial charge in [0, 0.05) is 0 Å². The third kappa shape index (κ3) is 3.63.